The number of ether oxygens (including phenoxy) is 2. The maximum absolute atomic E-state index is 13.4. The molecule has 3 aromatic rings. The molecule has 1 aromatic heterocycles. The first-order chi connectivity index (χ1) is 12.5. The number of hydrogen-bond donors (Lipinski definition) is 0. The zero-order valence-corrected chi connectivity index (χ0v) is 14.2. The van der Waals surface area contributed by atoms with Crippen molar-refractivity contribution in [2.45, 2.75) is 13.5 Å². The monoisotopic (exact) mass is 357 g/mol. The van der Waals surface area contributed by atoms with Crippen molar-refractivity contribution >= 4 is 22.8 Å². The van der Waals surface area contributed by atoms with Gasteiger partial charge < -0.3 is 9.47 Å². The van der Waals surface area contributed by atoms with Gasteiger partial charge in [-0.25, -0.2) is 13.9 Å². The Morgan fingerprint density at radius 3 is 2.73 bits per heavy atom. The van der Waals surface area contributed by atoms with Crippen molar-refractivity contribution in [1.29, 1.82) is 0 Å². The van der Waals surface area contributed by atoms with Gasteiger partial charge in [0, 0.05) is 6.54 Å². The van der Waals surface area contributed by atoms with Gasteiger partial charge in [-0.15, -0.1) is 5.10 Å². The molecule has 0 bridgehead atoms. The number of hydrogen-bond acceptors (Lipinski definition) is 6. The highest BCUT2D eigenvalue weighted by atomic mass is 19.1. The number of ketones is 1. The van der Waals surface area contributed by atoms with E-state index >= 15 is 0 Å². The van der Waals surface area contributed by atoms with Crippen LogP contribution >= 0.6 is 0 Å². The number of aromatic nitrogens is 3. The number of carbonyl (C=O) groups excluding carboxylic acids is 2. The average Bonchev–Trinajstić information content (AvgIpc) is 3.08. The Morgan fingerprint density at radius 2 is 2.00 bits per heavy atom. The van der Waals surface area contributed by atoms with Crippen LogP contribution in [0.15, 0.2) is 36.4 Å². The second kappa shape index (κ2) is 7.30. The molecule has 0 aliphatic rings. The molecular formula is C18H16FN3O4. The Hall–Kier alpha value is -3.29. The Kier molecular flexibility index (Phi) is 4.92. The highest BCUT2D eigenvalue weighted by molar-refractivity contribution is 6.01. The summed E-state index contributed by atoms with van der Waals surface area (Å²) in [5.41, 5.74) is 1.62. The molecule has 2 aromatic carbocycles. The number of aryl methyl sites for hydroxylation is 1. The van der Waals surface area contributed by atoms with Gasteiger partial charge in [-0.3, -0.25) is 4.79 Å². The molecule has 134 valence electrons. The number of esters is 1. The normalized spacial score (nSPS) is 10.7. The van der Waals surface area contributed by atoms with Crippen LogP contribution in [0.3, 0.4) is 0 Å². The fourth-order valence-electron chi connectivity index (χ4n) is 2.52. The van der Waals surface area contributed by atoms with E-state index in [1.54, 1.807) is 22.9 Å². The van der Waals surface area contributed by atoms with E-state index in [1.165, 1.54) is 19.2 Å². The third-order valence-corrected chi connectivity index (χ3v) is 3.85. The quantitative estimate of drug-likeness (QED) is 0.498. The van der Waals surface area contributed by atoms with Crippen LogP contribution in [0.5, 0.6) is 5.75 Å². The molecule has 0 aliphatic heterocycles. The molecule has 8 heteroatoms. The maximum Gasteiger partial charge on any atom is 0.338 e. The van der Waals surface area contributed by atoms with Gasteiger partial charge in [0.25, 0.3) is 0 Å². The molecule has 7 nitrogen and oxygen atoms in total. The van der Waals surface area contributed by atoms with Gasteiger partial charge in [-0.1, -0.05) is 5.21 Å². The van der Waals surface area contributed by atoms with Gasteiger partial charge in [0.1, 0.15) is 17.1 Å². The topological polar surface area (TPSA) is 83.3 Å². The minimum absolute atomic E-state index is 0.0154. The van der Waals surface area contributed by atoms with Crippen molar-refractivity contribution < 1.29 is 23.5 Å². The van der Waals surface area contributed by atoms with Crippen LogP contribution in [0, 0.1) is 5.82 Å². The lowest BCUT2D eigenvalue weighted by molar-refractivity contribution is 0.0474. The van der Waals surface area contributed by atoms with Crippen LogP contribution in [0.25, 0.3) is 11.0 Å². The first-order valence-corrected chi connectivity index (χ1v) is 7.90. The number of benzene rings is 2. The lowest BCUT2D eigenvalue weighted by Gasteiger charge is -2.08. The summed E-state index contributed by atoms with van der Waals surface area (Å²) in [5, 5.41) is 7.95. The van der Waals surface area contributed by atoms with Crippen molar-refractivity contribution in [3.05, 3.63) is 53.3 Å². The molecular weight excluding hydrogens is 341 g/mol. The lowest BCUT2D eigenvalue weighted by Crippen LogP contribution is -2.15. The Labute approximate surface area is 148 Å². The first-order valence-electron chi connectivity index (χ1n) is 7.90. The molecule has 0 amide bonds. The van der Waals surface area contributed by atoms with Crippen molar-refractivity contribution in [1.82, 2.24) is 15.0 Å². The molecule has 3 rings (SSSR count). The van der Waals surface area contributed by atoms with Gasteiger partial charge in [0.2, 0.25) is 5.78 Å². The third kappa shape index (κ3) is 3.39. The summed E-state index contributed by atoms with van der Waals surface area (Å²) in [6.45, 7) is 2.06. The van der Waals surface area contributed by atoms with Gasteiger partial charge in [-0.05, 0) is 43.3 Å². The summed E-state index contributed by atoms with van der Waals surface area (Å²) in [6.07, 6.45) is 0. The van der Waals surface area contributed by atoms with Crippen LogP contribution in [0.1, 0.15) is 27.6 Å². The highest BCUT2D eigenvalue weighted by Crippen LogP contribution is 2.20. The van der Waals surface area contributed by atoms with Gasteiger partial charge >= 0.3 is 5.97 Å². The number of nitrogens with zero attached hydrogens (tertiary/aromatic N) is 3. The van der Waals surface area contributed by atoms with E-state index in [-0.39, 0.29) is 16.9 Å². The van der Waals surface area contributed by atoms with E-state index < -0.39 is 24.2 Å². The summed E-state index contributed by atoms with van der Waals surface area (Å²) in [4.78, 5) is 24.4. The SMILES string of the molecule is CCn1nnc2cc(C(=O)OCC(=O)c3cc(F)ccc3OC)ccc21. The van der Waals surface area contributed by atoms with Crippen LogP contribution in [0.4, 0.5) is 4.39 Å². The standard InChI is InChI=1S/C18H16FN3O4/c1-3-22-15-6-4-11(8-14(15)20-21-22)18(24)26-10-16(23)13-9-12(19)5-7-17(13)25-2/h4-9H,3,10H2,1-2H3. The molecule has 0 spiro atoms. The molecule has 0 N–H and O–H groups in total. The number of fused-ring (bicyclic) bond motifs is 1. The van der Waals surface area contributed by atoms with Crippen LogP contribution in [0.2, 0.25) is 0 Å². The molecule has 0 saturated heterocycles. The third-order valence-electron chi connectivity index (χ3n) is 3.85. The van der Waals surface area contributed by atoms with E-state index in [9.17, 15) is 14.0 Å². The Bertz CT molecular complexity index is 984. The number of carbonyl (C=O) groups is 2. The van der Waals surface area contributed by atoms with E-state index in [4.69, 9.17) is 9.47 Å². The minimum Gasteiger partial charge on any atom is -0.496 e. The fraction of sp³-hybridized carbons (Fsp3) is 0.222. The molecule has 0 aliphatic carbocycles. The largest absolute Gasteiger partial charge is 0.496 e. The smallest absolute Gasteiger partial charge is 0.338 e. The fourth-order valence-corrected chi connectivity index (χ4v) is 2.52. The number of halogens is 1. The summed E-state index contributed by atoms with van der Waals surface area (Å²) < 4.78 is 25.1. The number of methoxy groups -OCH3 is 1. The summed E-state index contributed by atoms with van der Waals surface area (Å²) in [6, 6.07) is 8.41. The average molecular weight is 357 g/mol. The summed E-state index contributed by atoms with van der Waals surface area (Å²) in [7, 11) is 1.37. The van der Waals surface area contributed by atoms with E-state index in [0.29, 0.717) is 12.1 Å². The lowest BCUT2D eigenvalue weighted by atomic mass is 10.1. The van der Waals surface area contributed by atoms with Gasteiger partial charge in [-0.2, -0.15) is 0 Å². The van der Waals surface area contributed by atoms with Crippen molar-refractivity contribution in [3.8, 4) is 5.75 Å². The highest BCUT2D eigenvalue weighted by Gasteiger charge is 2.17. The number of Topliss-reactive ketones (excluding diaryl/α,β-unsaturated/α-hetero) is 1. The summed E-state index contributed by atoms with van der Waals surface area (Å²) in [5.74, 6) is -1.61. The van der Waals surface area contributed by atoms with Crippen LogP contribution in [-0.2, 0) is 11.3 Å². The van der Waals surface area contributed by atoms with Gasteiger partial charge in [0.05, 0.1) is 23.8 Å². The molecule has 0 unspecified atom stereocenters. The van der Waals surface area contributed by atoms with Crippen LogP contribution in [-0.4, -0.2) is 40.5 Å². The first kappa shape index (κ1) is 17.5. The summed E-state index contributed by atoms with van der Waals surface area (Å²) >= 11 is 0. The zero-order chi connectivity index (χ0) is 18.7. The van der Waals surface area contributed by atoms with E-state index in [1.807, 2.05) is 6.92 Å². The predicted molar refractivity (Wildman–Crippen MR) is 90.8 cm³/mol. The molecule has 0 fully saturated rings. The Morgan fingerprint density at radius 1 is 1.19 bits per heavy atom. The second-order valence-corrected chi connectivity index (χ2v) is 5.45. The second-order valence-electron chi connectivity index (χ2n) is 5.45. The van der Waals surface area contributed by atoms with Crippen molar-refractivity contribution in [3.63, 3.8) is 0 Å². The molecule has 1 heterocycles. The molecule has 0 radical (unpaired) electrons. The van der Waals surface area contributed by atoms with E-state index in [2.05, 4.69) is 10.3 Å². The van der Waals surface area contributed by atoms with E-state index in [0.717, 1.165) is 11.6 Å². The predicted octanol–water partition coefficient (Wildman–Crippen LogP) is 2.64. The zero-order valence-electron chi connectivity index (χ0n) is 14.2. The molecule has 0 saturated carbocycles. The Balaban J connectivity index is 1.72. The van der Waals surface area contributed by atoms with Gasteiger partial charge in [0.15, 0.2) is 6.61 Å². The molecule has 0 atom stereocenters. The molecule has 26 heavy (non-hydrogen) atoms. The minimum atomic E-state index is -0.679. The maximum atomic E-state index is 13.4. The van der Waals surface area contributed by atoms with Crippen LogP contribution < -0.4 is 4.74 Å². The number of rotatable bonds is 6. The van der Waals surface area contributed by atoms with Crippen molar-refractivity contribution in [2.75, 3.05) is 13.7 Å². The van der Waals surface area contributed by atoms with Crippen molar-refractivity contribution in [2.24, 2.45) is 0 Å².